The molecule has 2 rings (SSSR count). The molecule has 2 aliphatic rings. The maximum absolute atomic E-state index is 12.1. The fraction of sp³-hybridized carbons (Fsp3) is 0.800. The van der Waals surface area contributed by atoms with E-state index in [1.165, 1.54) is 0 Å². The molecule has 2 aliphatic heterocycles. The molecule has 2 heterocycles. The first kappa shape index (κ1) is 22.2. The van der Waals surface area contributed by atoms with Crippen molar-refractivity contribution in [3.63, 3.8) is 0 Å². The maximum Gasteiger partial charge on any atom is 0.232 e. The van der Waals surface area contributed by atoms with Crippen LogP contribution in [0.3, 0.4) is 0 Å². The molecule has 4 amide bonds. The highest BCUT2D eigenvalue weighted by atomic mass is 16.2. The van der Waals surface area contributed by atoms with Crippen LogP contribution in [0.4, 0.5) is 0 Å². The summed E-state index contributed by atoms with van der Waals surface area (Å²) in [5, 5.41) is 11.3. The van der Waals surface area contributed by atoms with Gasteiger partial charge in [0.15, 0.2) is 0 Å². The van der Waals surface area contributed by atoms with Crippen molar-refractivity contribution in [1.29, 1.82) is 0 Å². The Kier molecular flexibility index (Phi) is 9.79. The van der Waals surface area contributed by atoms with Gasteiger partial charge in [0.05, 0.1) is 0 Å². The molecule has 0 saturated carbocycles. The molecule has 2 atom stereocenters. The van der Waals surface area contributed by atoms with Gasteiger partial charge >= 0.3 is 0 Å². The van der Waals surface area contributed by atoms with Gasteiger partial charge in [0.25, 0.3) is 0 Å². The van der Waals surface area contributed by atoms with Gasteiger partial charge in [0.1, 0.15) is 11.8 Å². The minimum Gasteiger partial charge on any atom is -0.355 e. The largest absolute Gasteiger partial charge is 0.355 e. The summed E-state index contributed by atoms with van der Waals surface area (Å²) in [6.07, 6.45) is 8.46. The standard InChI is InChI=1S/C20H34N4O4/c25-17(15-9-3-7-13-23-19(15)27)21-11-5-1-2-6-12-22-18(26)16-10-4-8-14-24-20(16)28/h15-16H,1-14H2,(H,21,25)(H,22,26)(H,23,27)(H,24,28). The monoisotopic (exact) mass is 394 g/mol. The van der Waals surface area contributed by atoms with E-state index in [-0.39, 0.29) is 23.6 Å². The molecule has 2 saturated heterocycles. The Morgan fingerprint density at radius 2 is 1.14 bits per heavy atom. The third-order valence-corrected chi connectivity index (χ3v) is 5.41. The topological polar surface area (TPSA) is 116 Å². The molecule has 28 heavy (non-hydrogen) atoms. The van der Waals surface area contributed by atoms with Gasteiger partial charge in [-0.15, -0.1) is 0 Å². The van der Waals surface area contributed by atoms with Crippen molar-refractivity contribution in [2.75, 3.05) is 26.2 Å². The zero-order valence-electron chi connectivity index (χ0n) is 16.7. The molecule has 0 bridgehead atoms. The number of unbranched alkanes of at least 4 members (excludes halogenated alkanes) is 3. The number of amides is 4. The van der Waals surface area contributed by atoms with Gasteiger partial charge in [-0.05, 0) is 38.5 Å². The van der Waals surface area contributed by atoms with Crippen LogP contribution in [0.5, 0.6) is 0 Å². The normalized spacial score (nSPS) is 23.0. The van der Waals surface area contributed by atoms with Crippen LogP contribution < -0.4 is 21.3 Å². The molecule has 8 heteroatoms. The first-order chi connectivity index (χ1) is 13.6. The van der Waals surface area contributed by atoms with E-state index in [1.807, 2.05) is 0 Å². The first-order valence-corrected chi connectivity index (χ1v) is 10.7. The lowest BCUT2D eigenvalue weighted by Crippen LogP contribution is -2.40. The maximum atomic E-state index is 12.1. The van der Waals surface area contributed by atoms with Gasteiger partial charge in [-0.3, -0.25) is 19.2 Å². The summed E-state index contributed by atoms with van der Waals surface area (Å²) in [5.41, 5.74) is 0. The summed E-state index contributed by atoms with van der Waals surface area (Å²) in [4.78, 5) is 47.9. The Morgan fingerprint density at radius 3 is 1.57 bits per heavy atom. The van der Waals surface area contributed by atoms with E-state index in [4.69, 9.17) is 0 Å². The Morgan fingerprint density at radius 1 is 0.714 bits per heavy atom. The van der Waals surface area contributed by atoms with Crippen molar-refractivity contribution in [2.24, 2.45) is 11.8 Å². The quantitative estimate of drug-likeness (QED) is 0.339. The third-order valence-electron chi connectivity index (χ3n) is 5.41. The summed E-state index contributed by atoms with van der Waals surface area (Å²) < 4.78 is 0. The minimum absolute atomic E-state index is 0.159. The number of carbonyl (C=O) groups excluding carboxylic acids is 4. The van der Waals surface area contributed by atoms with Gasteiger partial charge in [-0.2, -0.15) is 0 Å². The lowest BCUT2D eigenvalue weighted by molar-refractivity contribution is -0.136. The van der Waals surface area contributed by atoms with E-state index in [1.54, 1.807) is 0 Å². The van der Waals surface area contributed by atoms with Crippen LogP contribution in [-0.4, -0.2) is 49.8 Å². The number of hydrogen-bond donors (Lipinski definition) is 4. The average Bonchev–Trinajstić information content (AvgIpc) is 3.03. The molecular weight excluding hydrogens is 360 g/mol. The molecular formula is C20H34N4O4. The summed E-state index contributed by atoms with van der Waals surface area (Å²) in [6, 6.07) is 0. The van der Waals surface area contributed by atoms with E-state index in [2.05, 4.69) is 21.3 Å². The van der Waals surface area contributed by atoms with Gasteiger partial charge in [-0.1, -0.05) is 25.7 Å². The van der Waals surface area contributed by atoms with E-state index in [0.29, 0.717) is 39.0 Å². The highest BCUT2D eigenvalue weighted by Gasteiger charge is 2.28. The minimum atomic E-state index is -0.557. The second-order valence-corrected chi connectivity index (χ2v) is 7.68. The fourth-order valence-corrected chi connectivity index (χ4v) is 3.65. The van der Waals surface area contributed by atoms with Gasteiger partial charge < -0.3 is 21.3 Å². The smallest absolute Gasteiger partial charge is 0.232 e. The van der Waals surface area contributed by atoms with Crippen LogP contribution >= 0.6 is 0 Å². The van der Waals surface area contributed by atoms with Gasteiger partial charge in [-0.25, -0.2) is 0 Å². The number of rotatable bonds is 9. The predicted octanol–water partition coefficient (Wildman–Crippen LogP) is 0.612. The van der Waals surface area contributed by atoms with Crippen LogP contribution in [-0.2, 0) is 19.2 Å². The van der Waals surface area contributed by atoms with E-state index in [9.17, 15) is 19.2 Å². The highest BCUT2D eigenvalue weighted by Crippen LogP contribution is 2.13. The summed E-state index contributed by atoms with van der Waals surface area (Å²) in [5.74, 6) is -1.78. The lowest BCUT2D eigenvalue weighted by atomic mass is 10.0. The molecule has 8 nitrogen and oxygen atoms in total. The predicted molar refractivity (Wildman–Crippen MR) is 105 cm³/mol. The SMILES string of the molecule is O=C(NCCCCCCNC(=O)C1CCCCNC1=O)C1CCCCNC1=O. The zero-order valence-corrected chi connectivity index (χ0v) is 16.7. The molecule has 0 spiro atoms. The van der Waals surface area contributed by atoms with Crippen molar-refractivity contribution in [2.45, 2.75) is 64.2 Å². The summed E-state index contributed by atoms with van der Waals surface area (Å²) in [7, 11) is 0. The second kappa shape index (κ2) is 12.4. The van der Waals surface area contributed by atoms with Crippen molar-refractivity contribution in [3.05, 3.63) is 0 Å². The first-order valence-electron chi connectivity index (χ1n) is 10.7. The van der Waals surface area contributed by atoms with Crippen LogP contribution in [0.25, 0.3) is 0 Å². The molecule has 2 fully saturated rings. The molecule has 2 unspecified atom stereocenters. The Bertz CT molecular complexity index is 504. The molecule has 0 aromatic heterocycles. The van der Waals surface area contributed by atoms with Crippen LogP contribution in [0, 0.1) is 11.8 Å². The second-order valence-electron chi connectivity index (χ2n) is 7.68. The Labute approximate surface area is 167 Å². The van der Waals surface area contributed by atoms with Crippen molar-refractivity contribution in [3.8, 4) is 0 Å². The average molecular weight is 395 g/mol. The molecule has 0 aliphatic carbocycles. The van der Waals surface area contributed by atoms with E-state index >= 15 is 0 Å². The number of hydrogen-bond acceptors (Lipinski definition) is 4. The van der Waals surface area contributed by atoms with Crippen molar-refractivity contribution >= 4 is 23.6 Å². The fourth-order valence-electron chi connectivity index (χ4n) is 3.65. The summed E-state index contributed by atoms with van der Waals surface area (Å²) >= 11 is 0. The number of nitrogens with one attached hydrogen (secondary N) is 4. The molecule has 158 valence electrons. The Balaban J connectivity index is 1.50. The Hall–Kier alpha value is -2.12. The molecule has 0 aromatic carbocycles. The van der Waals surface area contributed by atoms with Gasteiger partial charge in [0.2, 0.25) is 23.6 Å². The summed E-state index contributed by atoms with van der Waals surface area (Å²) in [6.45, 7) is 2.45. The van der Waals surface area contributed by atoms with Crippen LogP contribution in [0.15, 0.2) is 0 Å². The van der Waals surface area contributed by atoms with Crippen molar-refractivity contribution in [1.82, 2.24) is 21.3 Å². The number of carbonyl (C=O) groups is 4. The highest BCUT2D eigenvalue weighted by molar-refractivity contribution is 6.00. The van der Waals surface area contributed by atoms with Crippen LogP contribution in [0.1, 0.15) is 64.2 Å². The van der Waals surface area contributed by atoms with E-state index < -0.39 is 11.8 Å². The lowest BCUT2D eigenvalue weighted by Gasteiger charge is -2.14. The third kappa shape index (κ3) is 7.48. The van der Waals surface area contributed by atoms with Gasteiger partial charge in [0, 0.05) is 26.2 Å². The molecule has 4 N–H and O–H groups in total. The van der Waals surface area contributed by atoms with Crippen LogP contribution in [0.2, 0.25) is 0 Å². The van der Waals surface area contributed by atoms with Crippen molar-refractivity contribution < 1.29 is 19.2 Å². The van der Waals surface area contributed by atoms with E-state index in [0.717, 1.165) is 51.4 Å². The molecule has 0 radical (unpaired) electrons. The molecule has 0 aromatic rings. The zero-order chi connectivity index (χ0) is 20.2.